The zero-order valence-corrected chi connectivity index (χ0v) is 12.5. The maximum Gasteiger partial charge on any atom is 0.274 e. The third kappa shape index (κ3) is 3.07. The number of likely N-dealkylation sites (tertiary alicyclic amines) is 1. The summed E-state index contributed by atoms with van der Waals surface area (Å²) in [6.07, 6.45) is 3.43. The Morgan fingerprint density at radius 1 is 1.52 bits per heavy atom. The van der Waals surface area contributed by atoms with Gasteiger partial charge in [0.2, 0.25) is 5.91 Å². The van der Waals surface area contributed by atoms with E-state index >= 15 is 0 Å². The predicted octanol–water partition coefficient (Wildman–Crippen LogP) is 0.400. The molecule has 2 N–H and O–H groups in total. The van der Waals surface area contributed by atoms with E-state index in [-0.39, 0.29) is 12.3 Å². The number of rotatable bonds is 6. The fraction of sp³-hybridized carbons (Fsp3) is 0.643. The minimum Gasteiger partial charge on any atom is -0.382 e. The van der Waals surface area contributed by atoms with Crippen molar-refractivity contribution in [3.05, 3.63) is 18.0 Å². The van der Waals surface area contributed by atoms with Crippen LogP contribution in [0.3, 0.4) is 0 Å². The van der Waals surface area contributed by atoms with Crippen molar-refractivity contribution in [3.8, 4) is 0 Å². The minimum atomic E-state index is -0.645. The number of carbonyl (C=O) groups is 2. The van der Waals surface area contributed by atoms with E-state index in [1.54, 1.807) is 29.0 Å². The highest BCUT2D eigenvalue weighted by atomic mass is 16.5. The van der Waals surface area contributed by atoms with Crippen molar-refractivity contribution in [2.45, 2.75) is 38.3 Å². The van der Waals surface area contributed by atoms with Gasteiger partial charge in [-0.3, -0.25) is 14.3 Å². The van der Waals surface area contributed by atoms with Crippen LogP contribution in [-0.2, 0) is 16.1 Å². The van der Waals surface area contributed by atoms with Crippen LogP contribution in [0.15, 0.2) is 12.3 Å². The number of primary amides is 1. The van der Waals surface area contributed by atoms with Crippen LogP contribution < -0.4 is 5.73 Å². The molecule has 0 saturated carbocycles. The van der Waals surface area contributed by atoms with E-state index in [1.165, 1.54) is 0 Å². The summed E-state index contributed by atoms with van der Waals surface area (Å²) in [5, 5.41) is 4.25. The first-order valence-corrected chi connectivity index (χ1v) is 7.15. The molecule has 0 aliphatic carbocycles. The van der Waals surface area contributed by atoms with Crippen LogP contribution in [0, 0.1) is 0 Å². The van der Waals surface area contributed by atoms with Crippen LogP contribution in [0.4, 0.5) is 0 Å². The van der Waals surface area contributed by atoms with E-state index in [4.69, 9.17) is 10.5 Å². The van der Waals surface area contributed by atoms with E-state index in [1.807, 2.05) is 6.92 Å². The van der Waals surface area contributed by atoms with Gasteiger partial charge in [-0.15, -0.1) is 0 Å². The van der Waals surface area contributed by atoms with Crippen molar-refractivity contribution in [1.29, 1.82) is 0 Å². The van der Waals surface area contributed by atoms with Gasteiger partial charge >= 0.3 is 0 Å². The SMILES string of the molecule is CCn1ccc(C(=O)N2CCC[C@]2(COC)CC(N)=O)n1. The van der Waals surface area contributed by atoms with Gasteiger partial charge in [0.25, 0.3) is 5.91 Å². The number of aromatic nitrogens is 2. The van der Waals surface area contributed by atoms with E-state index in [0.717, 1.165) is 6.42 Å². The molecule has 1 saturated heterocycles. The topological polar surface area (TPSA) is 90.5 Å². The molecule has 1 aromatic heterocycles. The molecule has 0 radical (unpaired) electrons. The summed E-state index contributed by atoms with van der Waals surface area (Å²) < 4.78 is 6.95. The van der Waals surface area contributed by atoms with Crippen molar-refractivity contribution in [2.24, 2.45) is 5.73 Å². The molecule has 0 bridgehead atoms. The molecule has 7 nitrogen and oxygen atoms in total. The van der Waals surface area contributed by atoms with E-state index in [9.17, 15) is 9.59 Å². The molecule has 7 heteroatoms. The number of aryl methyl sites for hydroxylation is 1. The molecule has 0 unspecified atom stereocenters. The number of nitrogens with two attached hydrogens (primary N) is 1. The standard InChI is InChI=1S/C14H22N4O3/c1-3-17-8-5-11(16-17)13(20)18-7-4-6-14(18,10-21-2)9-12(15)19/h5,8H,3-4,6-7,9-10H2,1-2H3,(H2,15,19)/t14-/m1/s1. The van der Waals surface area contributed by atoms with Gasteiger partial charge in [-0.05, 0) is 25.8 Å². The maximum absolute atomic E-state index is 12.7. The average Bonchev–Trinajstić information content (AvgIpc) is 3.04. The number of carbonyl (C=O) groups excluding carboxylic acids is 2. The third-order valence-corrected chi connectivity index (χ3v) is 3.94. The molecule has 2 amide bonds. The lowest BCUT2D eigenvalue weighted by molar-refractivity contribution is -0.121. The fourth-order valence-corrected chi connectivity index (χ4v) is 3.02. The fourth-order valence-electron chi connectivity index (χ4n) is 3.02. The Hall–Kier alpha value is -1.89. The molecule has 2 heterocycles. The Kier molecular flexibility index (Phi) is 4.62. The second-order valence-corrected chi connectivity index (χ2v) is 5.42. The summed E-state index contributed by atoms with van der Waals surface area (Å²) in [5.74, 6) is -0.594. The third-order valence-electron chi connectivity index (χ3n) is 3.94. The zero-order chi connectivity index (χ0) is 15.5. The number of methoxy groups -OCH3 is 1. The second-order valence-electron chi connectivity index (χ2n) is 5.42. The molecule has 1 aromatic rings. The van der Waals surface area contributed by atoms with Crippen molar-refractivity contribution in [1.82, 2.24) is 14.7 Å². The van der Waals surface area contributed by atoms with Gasteiger partial charge in [0.1, 0.15) is 5.69 Å². The van der Waals surface area contributed by atoms with Crippen LogP contribution in [0.5, 0.6) is 0 Å². The number of hydrogen-bond acceptors (Lipinski definition) is 4. The summed E-state index contributed by atoms with van der Waals surface area (Å²) in [7, 11) is 1.57. The molecule has 21 heavy (non-hydrogen) atoms. The van der Waals surface area contributed by atoms with Gasteiger partial charge in [0, 0.05) is 26.4 Å². The Labute approximate surface area is 124 Å². The largest absolute Gasteiger partial charge is 0.382 e. The summed E-state index contributed by atoms with van der Waals surface area (Å²) >= 11 is 0. The molecule has 2 rings (SSSR count). The number of hydrogen-bond donors (Lipinski definition) is 1. The van der Waals surface area contributed by atoms with Gasteiger partial charge < -0.3 is 15.4 Å². The van der Waals surface area contributed by atoms with Crippen LogP contribution in [0.2, 0.25) is 0 Å². The second kappa shape index (κ2) is 6.26. The van der Waals surface area contributed by atoms with E-state index in [2.05, 4.69) is 5.10 Å². The van der Waals surface area contributed by atoms with Gasteiger partial charge in [-0.2, -0.15) is 5.10 Å². The highest BCUT2D eigenvalue weighted by Crippen LogP contribution is 2.33. The van der Waals surface area contributed by atoms with Crippen molar-refractivity contribution in [2.75, 3.05) is 20.3 Å². The average molecular weight is 294 g/mol. The first kappa shape index (κ1) is 15.5. The Bertz CT molecular complexity index is 528. The molecule has 1 atom stereocenters. The van der Waals surface area contributed by atoms with Gasteiger partial charge in [-0.1, -0.05) is 0 Å². The minimum absolute atomic E-state index is 0.112. The Morgan fingerprint density at radius 2 is 2.29 bits per heavy atom. The molecule has 116 valence electrons. The molecule has 0 aromatic carbocycles. The molecular formula is C14H22N4O3. The van der Waals surface area contributed by atoms with Crippen molar-refractivity contribution in [3.63, 3.8) is 0 Å². The van der Waals surface area contributed by atoms with Crippen LogP contribution >= 0.6 is 0 Å². The van der Waals surface area contributed by atoms with Gasteiger partial charge in [0.15, 0.2) is 0 Å². The highest BCUT2D eigenvalue weighted by Gasteiger charge is 2.45. The summed E-state index contributed by atoms with van der Waals surface area (Å²) in [6, 6.07) is 1.70. The molecular weight excluding hydrogens is 272 g/mol. The van der Waals surface area contributed by atoms with E-state index < -0.39 is 11.4 Å². The van der Waals surface area contributed by atoms with E-state index in [0.29, 0.717) is 31.8 Å². The van der Waals surface area contributed by atoms with Crippen molar-refractivity contribution >= 4 is 11.8 Å². The number of amides is 2. The quantitative estimate of drug-likeness (QED) is 0.822. The monoisotopic (exact) mass is 294 g/mol. The molecule has 1 aliphatic heterocycles. The lowest BCUT2D eigenvalue weighted by Gasteiger charge is -2.36. The molecule has 0 spiro atoms. The van der Waals surface area contributed by atoms with Crippen molar-refractivity contribution < 1.29 is 14.3 Å². The predicted molar refractivity (Wildman–Crippen MR) is 76.6 cm³/mol. The lowest BCUT2D eigenvalue weighted by Crippen LogP contribution is -2.52. The summed E-state index contributed by atoms with van der Waals surface area (Å²) in [4.78, 5) is 25.8. The van der Waals surface area contributed by atoms with Crippen LogP contribution in [-0.4, -0.2) is 52.3 Å². The highest BCUT2D eigenvalue weighted by molar-refractivity contribution is 5.93. The molecule has 1 fully saturated rings. The normalized spacial score (nSPS) is 21.7. The lowest BCUT2D eigenvalue weighted by atomic mass is 9.92. The summed E-state index contributed by atoms with van der Waals surface area (Å²) in [5.41, 5.74) is 5.11. The van der Waals surface area contributed by atoms with Crippen LogP contribution in [0.1, 0.15) is 36.7 Å². The maximum atomic E-state index is 12.7. The number of nitrogens with zero attached hydrogens (tertiary/aromatic N) is 3. The molecule has 1 aliphatic rings. The number of ether oxygens (including phenoxy) is 1. The first-order chi connectivity index (χ1) is 10.0. The van der Waals surface area contributed by atoms with Crippen LogP contribution in [0.25, 0.3) is 0 Å². The smallest absolute Gasteiger partial charge is 0.274 e. The first-order valence-electron chi connectivity index (χ1n) is 7.15. The zero-order valence-electron chi connectivity index (χ0n) is 12.5. The van der Waals surface area contributed by atoms with Gasteiger partial charge in [0.05, 0.1) is 18.6 Å². The van der Waals surface area contributed by atoms with Gasteiger partial charge in [-0.25, -0.2) is 0 Å². The Morgan fingerprint density at radius 3 is 2.86 bits per heavy atom. The Balaban J connectivity index is 2.26. The summed E-state index contributed by atoms with van der Waals surface area (Å²) in [6.45, 7) is 3.56.